The van der Waals surface area contributed by atoms with E-state index >= 15 is 0 Å². The summed E-state index contributed by atoms with van der Waals surface area (Å²) in [5.41, 5.74) is 0.929. The van der Waals surface area contributed by atoms with Crippen LogP contribution in [0.4, 0.5) is 9.18 Å². The van der Waals surface area contributed by atoms with Crippen LogP contribution >= 0.6 is 0 Å². The number of benzene rings is 1. The van der Waals surface area contributed by atoms with Crippen molar-refractivity contribution < 1.29 is 13.9 Å². The van der Waals surface area contributed by atoms with Crippen LogP contribution in [0.5, 0.6) is 0 Å². The van der Waals surface area contributed by atoms with Gasteiger partial charge in [0.2, 0.25) is 0 Å². The molecule has 4 heteroatoms. The summed E-state index contributed by atoms with van der Waals surface area (Å²) in [5, 5.41) is 2.45. The van der Waals surface area contributed by atoms with Crippen LogP contribution in [0.3, 0.4) is 0 Å². The first-order chi connectivity index (χ1) is 7.33. The van der Waals surface area contributed by atoms with E-state index in [4.69, 9.17) is 4.74 Å². The summed E-state index contributed by atoms with van der Waals surface area (Å²) in [7, 11) is 0. The maximum absolute atomic E-state index is 11.7. The number of hydrogen-bond acceptors (Lipinski definition) is 2. The van der Waals surface area contributed by atoms with Gasteiger partial charge in [0, 0.05) is 6.54 Å². The molecule has 1 N–H and O–H groups in total. The van der Waals surface area contributed by atoms with Gasteiger partial charge in [0.1, 0.15) is 6.61 Å². The van der Waals surface area contributed by atoms with Gasteiger partial charge in [0.15, 0.2) is 0 Å². The summed E-state index contributed by atoms with van der Waals surface area (Å²) in [4.78, 5) is 11.0. The fourth-order valence-corrected chi connectivity index (χ4v) is 1.03. The van der Waals surface area contributed by atoms with E-state index in [0.717, 1.165) is 5.56 Å². The highest BCUT2D eigenvalue weighted by atomic mass is 19.1. The van der Waals surface area contributed by atoms with Gasteiger partial charge in [0.05, 0.1) is 6.67 Å². The van der Waals surface area contributed by atoms with Crippen LogP contribution in [0, 0.1) is 0 Å². The molecule has 0 bridgehead atoms. The molecule has 1 rings (SSSR count). The summed E-state index contributed by atoms with van der Waals surface area (Å²) in [6.45, 7) is 0.116. The van der Waals surface area contributed by atoms with Crippen molar-refractivity contribution in [3.8, 4) is 0 Å². The zero-order valence-corrected chi connectivity index (χ0v) is 8.41. The van der Waals surface area contributed by atoms with Crippen LogP contribution in [-0.2, 0) is 11.3 Å². The Labute approximate surface area is 88.2 Å². The van der Waals surface area contributed by atoms with Gasteiger partial charge in [-0.15, -0.1) is 0 Å². The second-order valence-corrected chi connectivity index (χ2v) is 3.03. The van der Waals surface area contributed by atoms with Crippen molar-refractivity contribution in [1.29, 1.82) is 0 Å². The Kier molecular flexibility index (Phi) is 5.22. The Bertz CT molecular complexity index is 290. The van der Waals surface area contributed by atoms with Crippen molar-refractivity contribution in [2.24, 2.45) is 0 Å². The van der Waals surface area contributed by atoms with E-state index < -0.39 is 12.8 Å². The molecule has 0 saturated heterocycles. The van der Waals surface area contributed by atoms with Gasteiger partial charge in [0.25, 0.3) is 0 Å². The average molecular weight is 211 g/mol. The maximum atomic E-state index is 11.7. The van der Waals surface area contributed by atoms with Crippen LogP contribution in [0.2, 0.25) is 0 Å². The first-order valence-electron chi connectivity index (χ1n) is 4.83. The molecule has 1 aromatic carbocycles. The van der Waals surface area contributed by atoms with Crippen LogP contribution in [0.15, 0.2) is 30.3 Å². The number of nitrogens with one attached hydrogen (secondary N) is 1. The minimum Gasteiger partial charge on any atom is -0.445 e. The van der Waals surface area contributed by atoms with Crippen LogP contribution in [-0.4, -0.2) is 19.3 Å². The number of amides is 1. The molecule has 0 radical (unpaired) electrons. The Morgan fingerprint density at radius 1 is 1.33 bits per heavy atom. The molecule has 0 heterocycles. The quantitative estimate of drug-likeness (QED) is 0.759. The van der Waals surface area contributed by atoms with Crippen molar-refractivity contribution >= 4 is 6.09 Å². The van der Waals surface area contributed by atoms with Gasteiger partial charge in [-0.1, -0.05) is 30.3 Å². The second-order valence-electron chi connectivity index (χ2n) is 3.03. The predicted molar refractivity (Wildman–Crippen MR) is 55.2 cm³/mol. The summed E-state index contributed by atoms with van der Waals surface area (Å²) in [5.74, 6) is 0. The van der Waals surface area contributed by atoms with Crippen LogP contribution in [0.25, 0.3) is 0 Å². The SMILES string of the molecule is O=C(NCCCF)OCc1ccccc1. The smallest absolute Gasteiger partial charge is 0.407 e. The normalized spacial score (nSPS) is 9.67. The third-order valence-corrected chi connectivity index (χ3v) is 1.79. The highest BCUT2D eigenvalue weighted by molar-refractivity contribution is 5.67. The second kappa shape index (κ2) is 6.81. The summed E-state index contributed by atoms with van der Waals surface area (Å²) in [6.07, 6.45) is -0.187. The number of carbonyl (C=O) groups is 1. The van der Waals surface area contributed by atoms with E-state index in [1.165, 1.54) is 0 Å². The number of alkyl carbamates (subject to hydrolysis) is 1. The number of halogens is 1. The molecular formula is C11H14FNO2. The third kappa shape index (κ3) is 5.00. The molecule has 0 atom stereocenters. The molecule has 3 nitrogen and oxygen atoms in total. The van der Waals surface area contributed by atoms with Gasteiger partial charge in [-0.25, -0.2) is 4.79 Å². The first kappa shape index (κ1) is 11.5. The number of carbonyl (C=O) groups excluding carboxylic acids is 1. The third-order valence-electron chi connectivity index (χ3n) is 1.79. The summed E-state index contributed by atoms with van der Waals surface area (Å²) in [6, 6.07) is 9.38. The number of rotatable bonds is 5. The number of hydrogen-bond donors (Lipinski definition) is 1. The lowest BCUT2D eigenvalue weighted by molar-refractivity contribution is 0.139. The maximum Gasteiger partial charge on any atom is 0.407 e. The van der Waals surface area contributed by atoms with E-state index in [1.807, 2.05) is 30.3 Å². The van der Waals surface area contributed by atoms with E-state index in [1.54, 1.807) is 0 Å². The number of ether oxygens (including phenoxy) is 1. The molecule has 1 aromatic rings. The molecular weight excluding hydrogens is 197 g/mol. The molecule has 0 spiro atoms. The Morgan fingerprint density at radius 3 is 2.73 bits per heavy atom. The lowest BCUT2D eigenvalue weighted by atomic mass is 10.2. The van der Waals surface area contributed by atoms with Gasteiger partial charge in [-0.3, -0.25) is 4.39 Å². The lowest BCUT2D eigenvalue weighted by Gasteiger charge is -2.05. The van der Waals surface area contributed by atoms with E-state index in [9.17, 15) is 9.18 Å². The highest BCUT2D eigenvalue weighted by Gasteiger charge is 2.00. The summed E-state index contributed by atoms with van der Waals surface area (Å²) >= 11 is 0. The minimum atomic E-state index is -0.507. The Morgan fingerprint density at radius 2 is 2.07 bits per heavy atom. The number of alkyl halides is 1. The molecule has 0 aliphatic rings. The topological polar surface area (TPSA) is 38.3 Å². The van der Waals surface area contributed by atoms with E-state index in [-0.39, 0.29) is 6.61 Å². The molecule has 0 aliphatic heterocycles. The van der Waals surface area contributed by atoms with Gasteiger partial charge >= 0.3 is 6.09 Å². The van der Waals surface area contributed by atoms with Gasteiger partial charge in [-0.2, -0.15) is 0 Å². The van der Waals surface area contributed by atoms with Crippen molar-refractivity contribution in [2.75, 3.05) is 13.2 Å². The first-order valence-corrected chi connectivity index (χ1v) is 4.83. The molecule has 0 aliphatic carbocycles. The molecule has 1 amide bonds. The average Bonchev–Trinajstić information content (AvgIpc) is 2.28. The zero-order valence-electron chi connectivity index (χ0n) is 8.41. The van der Waals surface area contributed by atoms with Gasteiger partial charge in [-0.05, 0) is 12.0 Å². The highest BCUT2D eigenvalue weighted by Crippen LogP contribution is 2.00. The standard InChI is InChI=1S/C11H14FNO2/c12-7-4-8-13-11(14)15-9-10-5-2-1-3-6-10/h1-3,5-6H,4,7-9H2,(H,13,14). The lowest BCUT2D eigenvalue weighted by Crippen LogP contribution is -2.25. The predicted octanol–water partition coefficient (Wildman–Crippen LogP) is 2.27. The molecule has 15 heavy (non-hydrogen) atoms. The fraction of sp³-hybridized carbons (Fsp3) is 0.364. The largest absolute Gasteiger partial charge is 0.445 e. The van der Waals surface area contributed by atoms with Crippen LogP contribution in [0.1, 0.15) is 12.0 Å². The van der Waals surface area contributed by atoms with Crippen molar-refractivity contribution in [3.05, 3.63) is 35.9 Å². The van der Waals surface area contributed by atoms with Crippen LogP contribution < -0.4 is 5.32 Å². The monoisotopic (exact) mass is 211 g/mol. The molecule has 0 fully saturated rings. The fourth-order valence-electron chi connectivity index (χ4n) is 1.03. The van der Waals surface area contributed by atoms with E-state index in [0.29, 0.717) is 13.0 Å². The Hall–Kier alpha value is -1.58. The van der Waals surface area contributed by atoms with E-state index in [2.05, 4.69) is 5.32 Å². The molecule has 0 unspecified atom stereocenters. The van der Waals surface area contributed by atoms with Gasteiger partial charge < -0.3 is 10.1 Å². The van der Waals surface area contributed by atoms with Crippen molar-refractivity contribution in [2.45, 2.75) is 13.0 Å². The molecule has 0 aromatic heterocycles. The van der Waals surface area contributed by atoms with Crippen molar-refractivity contribution in [3.63, 3.8) is 0 Å². The zero-order chi connectivity index (χ0) is 10.9. The minimum absolute atomic E-state index is 0.238. The molecule has 82 valence electrons. The Balaban J connectivity index is 2.17. The van der Waals surface area contributed by atoms with Crippen molar-refractivity contribution in [1.82, 2.24) is 5.32 Å². The molecule has 0 saturated carbocycles. The summed E-state index contributed by atoms with van der Waals surface area (Å²) < 4.78 is 16.6.